The van der Waals surface area contributed by atoms with Gasteiger partial charge in [0.15, 0.2) is 0 Å². The summed E-state index contributed by atoms with van der Waals surface area (Å²) in [6.45, 7) is 0.604. The molecule has 2 heterocycles. The van der Waals surface area contributed by atoms with Gasteiger partial charge in [-0.3, -0.25) is 5.10 Å². The van der Waals surface area contributed by atoms with Crippen molar-refractivity contribution in [2.45, 2.75) is 6.54 Å². The van der Waals surface area contributed by atoms with Crippen LogP contribution in [0.2, 0.25) is 0 Å². The Morgan fingerprint density at radius 3 is 3.07 bits per heavy atom. The van der Waals surface area contributed by atoms with Gasteiger partial charge in [0.25, 0.3) is 0 Å². The van der Waals surface area contributed by atoms with Crippen LogP contribution in [0.25, 0.3) is 0 Å². The quantitative estimate of drug-likeness (QED) is 0.772. The summed E-state index contributed by atoms with van der Waals surface area (Å²) in [5, 5.41) is 9.72. The molecule has 0 unspecified atom stereocenters. The van der Waals surface area contributed by atoms with Crippen molar-refractivity contribution in [2.75, 3.05) is 12.4 Å². The van der Waals surface area contributed by atoms with Gasteiger partial charge in [-0.1, -0.05) is 0 Å². The average Bonchev–Trinajstić information content (AvgIpc) is 2.79. The molecule has 0 aliphatic carbocycles. The van der Waals surface area contributed by atoms with E-state index in [1.165, 1.54) is 0 Å². The highest BCUT2D eigenvalue weighted by Crippen LogP contribution is 2.07. The largest absolute Gasteiger partial charge is 0.481 e. The fraction of sp³-hybridized carbons (Fsp3) is 0.222. The highest BCUT2D eigenvalue weighted by molar-refractivity contribution is 5.28. The van der Waals surface area contributed by atoms with E-state index in [4.69, 9.17) is 4.74 Å². The van der Waals surface area contributed by atoms with Gasteiger partial charge in [-0.05, 0) is 6.07 Å². The maximum absolute atomic E-state index is 4.98. The van der Waals surface area contributed by atoms with E-state index in [2.05, 4.69) is 25.5 Å². The zero-order chi connectivity index (χ0) is 10.5. The van der Waals surface area contributed by atoms with Crippen LogP contribution in [0.1, 0.15) is 5.69 Å². The molecule has 0 amide bonds. The number of rotatable bonds is 4. The normalized spacial score (nSPS) is 9.93. The second-order valence-corrected chi connectivity index (χ2v) is 2.86. The number of H-pyrrole nitrogens is 1. The molecule has 0 radical (unpaired) electrons. The Morgan fingerprint density at radius 2 is 2.33 bits per heavy atom. The summed E-state index contributed by atoms with van der Waals surface area (Å²) in [6.07, 6.45) is 3.34. The lowest BCUT2D eigenvalue weighted by molar-refractivity contribution is 0.397. The summed E-state index contributed by atoms with van der Waals surface area (Å²) in [4.78, 5) is 8.16. The zero-order valence-electron chi connectivity index (χ0n) is 8.27. The van der Waals surface area contributed by atoms with Crippen molar-refractivity contribution in [1.82, 2.24) is 20.2 Å². The molecule has 15 heavy (non-hydrogen) atoms. The first kappa shape index (κ1) is 9.45. The van der Waals surface area contributed by atoms with Crippen molar-refractivity contribution in [3.05, 3.63) is 30.2 Å². The fourth-order valence-electron chi connectivity index (χ4n) is 1.10. The minimum atomic E-state index is 0.531. The summed E-state index contributed by atoms with van der Waals surface area (Å²) in [5.74, 6) is 1.07. The van der Waals surface area contributed by atoms with E-state index in [0.29, 0.717) is 18.4 Å². The molecule has 0 aliphatic heterocycles. The standard InChI is InChI=1S/C9H11N5O/c1-15-8-3-4-10-9(13-8)11-6-7-2-5-12-14-7/h2-5H,6H2,1H3,(H,12,14)(H,10,11,13). The number of anilines is 1. The Morgan fingerprint density at radius 1 is 1.40 bits per heavy atom. The lowest BCUT2D eigenvalue weighted by atomic mass is 10.4. The molecule has 2 rings (SSSR count). The van der Waals surface area contributed by atoms with E-state index in [9.17, 15) is 0 Å². The molecule has 0 fully saturated rings. The number of nitrogens with zero attached hydrogens (tertiary/aromatic N) is 3. The molecular weight excluding hydrogens is 194 g/mol. The number of aromatic amines is 1. The van der Waals surface area contributed by atoms with Gasteiger partial charge in [0.2, 0.25) is 11.8 Å². The molecule has 0 aromatic carbocycles. The third-order valence-corrected chi connectivity index (χ3v) is 1.83. The van der Waals surface area contributed by atoms with Crippen molar-refractivity contribution in [3.63, 3.8) is 0 Å². The van der Waals surface area contributed by atoms with Gasteiger partial charge >= 0.3 is 0 Å². The molecule has 78 valence electrons. The predicted molar refractivity (Wildman–Crippen MR) is 54.5 cm³/mol. The van der Waals surface area contributed by atoms with Crippen LogP contribution in [0.15, 0.2) is 24.5 Å². The number of aromatic nitrogens is 4. The summed E-state index contributed by atoms with van der Waals surface area (Å²) >= 11 is 0. The van der Waals surface area contributed by atoms with Gasteiger partial charge in [0, 0.05) is 18.5 Å². The van der Waals surface area contributed by atoms with E-state index in [-0.39, 0.29) is 0 Å². The van der Waals surface area contributed by atoms with Gasteiger partial charge in [-0.2, -0.15) is 10.1 Å². The molecule has 0 spiro atoms. The molecule has 2 aromatic rings. The molecule has 2 N–H and O–H groups in total. The van der Waals surface area contributed by atoms with Crippen molar-refractivity contribution in [2.24, 2.45) is 0 Å². The fourth-order valence-corrected chi connectivity index (χ4v) is 1.10. The van der Waals surface area contributed by atoms with E-state index in [0.717, 1.165) is 5.69 Å². The van der Waals surface area contributed by atoms with E-state index in [1.54, 1.807) is 25.6 Å². The van der Waals surface area contributed by atoms with E-state index < -0.39 is 0 Å². The van der Waals surface area contributed by atoms with Crippen LogP contribution in [-0.4, -0.2) is 27.3 Å². The predicted octanol–water partition coefficient (Wildman–Crippen LogP) is 0.820. The van der Waals surface area contributed by atoms with Gasteiger partial charge in [-0.25, -0.2) is 4.98 Å². The maximum atomic E-state index is 4.98. The lowest BCUT2D eigenvalue weighted by Crippen LogP contribution is -2.04. The molecule has 0 atom stereocenters. The van der Waals surface area contributed by atoms with Gasteiger partial charge < -0.3 is 10.1 Å². The molecule has 0 aliphatic rings. The highest BCUT2D eigenvalue weighted by Gasteiger charge is 1.99. The van der Waals surface area contributed by atoms with Crippen molar-refractivity contribution in [3.8, 4) is 5.88 Å². The van der Waals surface area contributed by atoms with Crippen molar-refractivity contribution < 1.29 is 4.74 Å². The maximum Gasteiger partial charge on any atom is 0.226 e. The first-order valence-corrected chi connectivity index (χ1v) is 4.47. The Hall–Kier alpha value is -2.11. The lowest BCUT2D eigenvalue weighted by Gasteiger charge is -2.03. The Balaban J connectivity index is 1.98. The van der Waals surface area contributed by atoms with Crippen molar-refractivity contribution in [1.29, 1.82) is 0 Å². The van der Waals surface area contributed by atoms with Crippen LogP contribution in [0.5, 0.6) is 5.88 Å². The monoisotopic (exact) mass is 205 g/mol. The van der Waals surface area contributed by atoms with Crippen LogP contribution >= 0.6 is 0 Å². The van der Waals surface area contributed by atoms with Gasteiger partial charge in [0.05, 0.1) is 19.3 Å². The van der Waals surface area contributed by atoms with E-state index in [1.807, 2.05) is 6.07 Å². The molecule has 6 nitrogen and oxygen atoms in total. The minimum absolute atomic E-state index is 0.531. The summed E-state index contributed by atoms with van der Waals surface area (Å²) in [5.41, 5.74) is 0.974. The van der Waals surface area contributed by atoms with Crippen LogP contribution in [0.3, 0.4) is 0 Å². The van der Waals surface area contributed by atoms with Gasteiger partial charge in [-0.15, -0.1) is 0 Å². The third-order valence-electron chi connectivity index (χ3n) is 1.83. The van der Waals surface area contributed by atoms with Crippen LogP contribution in [-0.2, 0) is 6.54 Å². The topological polar surface area (TPSA) is 75.7 Å². The second-order valence-electron chi connectivity index (χ2n) is 2.86. The van der Waals surface area contributed by atoms with Gasteiger partial charge in [0.1, 0.15) is 0 Å². The van der Waals surface area contributed by atoms with Crippen LogP contribution in [0, 0.1) is 0 Å². The summed E-state index contributed by atoms with van der Waals surface area (Å²) < 4.78 is 4.98. The second kappa shape index (κ2) is 4.41. The highest BCUT2D eigenvalue weighted by atomic mass is 16.5. The molecule has 0 saturated carbocycles. The number of ether oxygens (including phenoxy) is 1. The summed E-state index contributed by atoms with van der Waals surface area (Å²) in [7, 11) is 1.57. The van der Waals surface area contributed by atoms with Crippen LogP contribution < -0.4 is 10.1 Å². The SMILES string of the molecule is COc1ccnc(NCc2ccn[nH]2)n1. The number of hydrogen-bond donors (Lipinski definition) is 2. The van der Waals surface area contributed by atoms with Crippen molar-refractivity contribution >= 4 is 5.95 Å². The zero-order valence-corrected chi connectivity index (χ0v) is 8.27. The number of nitrogens with one attached hydrogen (secondary N) is 2. The Bertz CT molecular complexity index is 414. The molecule has 0 bridgehead atoms. The first-order valence-electron chi connectivity index (χ1n) is 4.47. The first-order chi connectivity index (χ1) is 7.38. The smallest absolute Gasteiger partial charge is 0.226 e. The molecule has 2 aromatic heterocycles. The number of hydrogen-bond acceptors (Lipinski definition) is 5. The average molecular weight is 205 g/mol. The Labute approximate surface area is 86.7 Å². The Kier molecular flexibility index (Phi) is 2.77. The third kappa shape index (κ3) is 2.43. The summed E-state index contributed by atoms with van der Waals surface area (Å²) in [6, 6.07) is 3.58. The molecular formula is C9H11N5O. The molecule has 0 saturated heterocycles. The minimum Gasteiger partial charge on any atom is -0.481 e. The number of methoxy groups -OCH3 is 1. The van der Waals surface area contributed by atoms with E-state index >= 15 is 0 Å². The van der Waals surface area contributed by atoms with Crippen LogP contribution in [0.4, 0.5) is 5.95 Å². The molecule has 6 heteroatoms.